The van der Waals surface area contributed by atoms with Crippen molar-refractivity contribution in [3.63, 3.8) is 0 Å². The molecule has 0 fully saturated rings. The Labute approximate surface area is 135 Å². The van der Waals surface area contributed by atoms with Crippen LogP contribution in [0, 0.1) is 17.1 Å². The SMILES string of the molecule is CCCCc1ccc(C=NN=Cc2ccc(C#N)c(F)c2)cc1. The van der Waals surface area contributed by atoms with Crippen molar-refractivity contribution >= 4 is 12.4 Å². The summed E-state index contributed by atoms with van der Waals surface area (Å²) >= 11 is 0. The largest absolute Gasteiger partial charge is 0.206 e. The molecule has 0 aliphatic rings. The summed E-state index contributed by atoms with van der Waals surface area (Å²) in [4.78, 5) is 0. The standard InChI is InChI=1S/C19H18FN3/c1-2-3-4-15-5-7-16(8-6-15)13-22-23-14-17-9-10-18(12-21)19(20)11-17/h5-11,13-14H,2-4H2,1H3. The molecule has 2 rings (SSSR count). The predicted molar refractivity (Wildman–Crippen MR) is 91.4 cm³/mol. The van der Waals surface area contributed by atoms with Crippen molar-refractivity contribution in [3.05, 3.63) is 70.5 Å². The van der Waals surface area contributed by atoms with Crippen LogP contribution in [0.1, 0.15) is 42.0 Å². The van der Waals surface area contributed by atoms with Gasteiger partial charge in [0.05, 0.1) is 18.0 Å². The number of benzene rings is 2. The molecule has 23 heavy (non-hydrogen) atoms. The fourth-order valence-corrected chi connectivity index (χ4v) is 2.05. The van der Waals surface area contributed by atoms with E-state index in [-0.39, 0.29) is 5.56 Å². The van der Waals surface area contributed by atoms with Crippen molar-refractivity contribution in [2.24, 2.45) is 10.2 Å². The van der Waals surface area contributed by atoms with E-state index in [2.05, 4.69) is 29.3 Å². The molecular formula is C19H18FN3. The van der Waals surface area contributed by atoms with Crippen molar-refractivity contribution < 1.29 is 4.39 Å². The summed E-state index contributed by atoms with van der Waals surface area (Å²) in [7, 11) is 0. The van der Waals surface area contributed by atoms with Crippen molar-refractivity contribution in [1.82, 2.24) is 0 Å². The molecule has 0 bridgehead atoms. The molecule has 0 aliphatic carbocycles. The molecule has 3 nitrogen and oxygen atoms in total. The number of hydrogen-bond donors (Lipinski definition) is 0. The number of halogens is 1. The highest BCUT2D eigenvalue weighted by Crippen LogP contribution is 2.08. The van der Waals surface area contributed by atoms with Crippen LogP contribution in [-0.4, -0.2) is 12.4 Å². The lowest BCUT2D eigenvalue weighted by atomic mass is 10.1. The fourth-order valence-electron chi connectivity index (χ4n) is 2.05. The van der Waals surface area contributed by atoms with Crippen molar-refractivity contribution in [3.8, 4) is 6.07 Å². The molecule has 0 amide bonds. The summed E-state index contributed by atoms with van der Waals surface area (Å²) in [5.74, 6) is -0.553. The Morgan fingerprint density at radius 3 is 2.30 bits per heavy atom. The molecule has 0 aromatic heterocycles. The van der Waals surface area contributed by atoms with Gasteiger partial charge in [0.2, 0.25) is 0 Å². The van der Waals surface area contributed by atoms with Gasteiger partial charge in [-0.05, 0) is 41.7 Å². The molecular weight excluding hydrogens is 289 g/mol. The third-order valence-corrected chi connectivity index (χ3v) is 3.39. The first-order chi connectivity index (χ1) is 11.2. The van der Waals surface area contributed by atoms with E-state index < -0.39 is 5.82 Å². The van der Waals surface area contributed by atoms with Gasteiger partial charge in [-0.15, -0.1) is 0 Å². The minimum atomic E-state index is -0.553. The first kappa shape index (κ1) is 16.6. The van der Waals surface area contributed by atoms with Crippen LogP contribution in [0.15, 0.2) is 52.7 Å². The van der Waals surface area contributed by atoms with Gasteiger partial charge in [-0.25, -0.2) is 4.39 Å². The Kier molecular flexibility index (Phi) is 6.19. The maximum absolute atomic E-state index is 13.4. The molecule has 4 heteroatoms. The fraction of sp³-hybridized carbons (Fsp3) is 0.211. The number of aryl methyl sites for hydroxylation is 1. The second kappa shape index (κ2) is 8.60. The van der Waals surface area contributed by atoms with Gasteiger partial charge >= 0.3 is 0 Å². The molecule has 2 aromatic rings. The number of nitrogens with zero attached hydrogens (tertiary/aromatic N) is 3. The second-order valence-electron chi connectivity index (χ2n) is 5.19. The van der Waals surface area contributed by atoms with E-state index in [0.717, 1.165) is 12.0 Å². The topological polar surface area (TPSA) is 48.5 Å². The molecule has 0 heterocycles. The average molecular weight is 307 g/mol. The molecule has 0 N–H and O–H groups in total. The molecule has 2 aromatic carbocycles. The third kappa shape index (κ3) is 5.15. The first-order valence-corrected chi connectivity index (χ1v) is 7.58. The summed E-state index contributed by atoms with van der Waals surface area (Å²) in [6.45, 7) is 2.18. The number of nitriles is 1. The Bertz CT molecular complexity index is 740. The third-order valence-electron chi connectivity index (χ3n) is 3.39. The van der Waals surface area contributed by atoms with Crippen molar-refractivity contribution in [2.75, 3.05) is 0 Å². The Hall–Kier alpha value is -2.80. The lowest BCUT2D eigenvalue weighted by Crippen LogP contribution is -1.88. The highest BCUT2D eigenvalue weighted by Gasteiger charge is 2.00. The maximum atomic E-state index is 13.4. The van der Waals surface area contributed by atoms with E-state index in [4.69, 9.17) is 5.26 Å². The van der Waals surface area contributed by atoms with Gasteiger partial charge in [-0.1, -0.05) is 43.7 Å². The van der Waals surface area contributed by atoms with Crippen LogP contribution in [0.4, 0.5) is 4.39 Å². The van der Waals surface area contributed by atoms with Gasteiger partial charge in [-0.3, -0.25) is 0 Å². The Morgan fingerprint density at radius 2 is 1.70 bits per heavy atom. The van der Waals surface area contributed by atoms with E-state index in [0.29, 0.717) is 5.56 Å². The van der Waals surface area contributed by atoms with Crippen LogP contribution in [0.2, 0.25) is 0 Å². The number of rotatable bonds is 6. The zero-order valence-electron chi connectivity index (χ0n) is 13.0. The monoisotopic (exact) mass is 307 g/mol. The minimum Gasteiger partial charge on any atom is -0.206 e. The number of hydrogen-bond acceptors (Lipinski definition) is 3. The minimum absolute atomic E-state index is 0.0221. The molecule has 0 saturated heterocycles. The summed E-state index contributed by atoms with van der Waals surface area (Å²) in [5, 5.41) is 16.5. The molecule has 116 valence electrons. The van der Waals surface area contributed by atoms with Crippen LogP contribution in [0.5, 0.6) is 0 Å². The van der Waals surface area contributed by atoms with Gasteiger partial charge < -0.3 is 0 Å². The highest BCUT2D eigenvalue weighted by atomic mass is 19.1. The van der Waals surface area contributed by atoms with E-state index in [9.17, 15) is 4.39 Å². The quantitative estimate of drug-likeness (QED) is 0.573. The van der Waals surface area contributed by atoms with Crippen LogP contribution < -0.4 is 0 Å². The summed E-state index contributed by atoms with van der Waals surface area (Å²) in [5.41, 5.74) is 2.87. The van der Waals surface area contributed by atoms with Gasteiger partial charge in [-0.2, -0.15) is 15.5 Å². The van der Waals surface area contributed by atoms with Gasteiger partial charge in [0.25, 0.3) is 0 Å². The van der Waals surface area contributed by atoms with Gasteiger partial charge in [0.1, 0.15) is 11.9 Å². The molecule has 0 spiro atoms. The maximum Gasteiger partial charge on any atom is 0.141 e. The molecule has 0 atom stereocenters. The number of unbranched alkanes of at least 4 members (excludes halogenated alkanes) is 1. The van der Waals surface area contributed by atoms with E-state index in [1.165, 1.54) is 36.8 Å². The molecule has 0 radical (unpaired) electrons. The lowest BCUT2D eigenvalue weighted by Gasteiger charge is -1.99. The van der Waals surface area contributed by atoms with Gasteiger partial charge in [0, 0.05) is 0 Å². The molecule has 0 saturated carbocycles. The van der Waals surface area contributed by atoms with Crippen molar-refractivity contribution in [2.45, 2.75) is 26.2 Å². The first-order valence-electron chi connectivity index (χ1n) is 7.58. The van der Waals surface area contributed by atoms with Crippen LogP contribution in [0.25, 0.3) is 0 Å². The predicted octanol–water partition coefficient (Wildman–Crippen LogP) is 4.49. The molecule has 0 aliphatic heterocycles. The van der Waals surface area contributed by atoms with Crippen LogP contribution in [-0.2, 0) is 6.42 Å². The van der Waals surface area contributed by atoms with Crippen molar-refractivity contribution in [1.29, 1.82) is 5.26 Å². The highest BCUT2D eigenvalue weighted by molar-refractivity contribution is 5.82. The van der Waals surface area contributed by atoms with E-state index in [1.807, 2.05) is 12.1 Å². The second-order valence-corrected chi connectivity index (χ2v) is 5.19. The molecule has 0 unspecified atom stereocenters. The zero-order chi connectivity index (χ0) is 16.5. The Balaban J connectivity index is 1.95. The zero-order valence-corrected chi connectivity index (χ0v) is 13.0. The Morgan fingerprint density at radius 1 is 1.04 bits per heavy atom. The lowest BCUT2D eigenvalue weighted by molar-refractivity contribution is 0.623. The summed E-state index contributed by atoms with van der Waals surface area (Å²) in [6, 6.07) is 14.3. The summed E-state index contributed by atoms with van der Waals surface area (Å²) < 4.78 is 13.4. The van der Waals surface area contributed by atoms with E-state index >= 15 is 0 Å². The average Bonchev–Trinajstić information content (AvgIpc) is 2.58. The van der Waals surface area contributed by atoms with Gasteiger partial charge in [0.15, 0.2) is 0 Å². The normalized spacial score (nSPS) is 11.2. The smallest absolute Gasteiger partial charge is 0.141 e. The van der Waals surface area contributed by atoms with E-state index in [1.54, 1.807) is 18.4 Å². The summed E-state index contributed by atoms with van der Waals surface area (Å²) in [6.07, 6.45) is 6.58. The van der Waals surface area contributed by atoms with Crippen LogP contribution in [0.3, 0.4) is 0 Å². The van der Waals surface area contributed by atoms with Crippen LogP contribution >= 0.6 is 0 Å².